The van der Waals surface area contributed by atoms with Crippen molar-refractivity contribution in [1.82, 2.24) is 5.32 Å². The van der Waals surface area contributed by atoms with Crippen molar-refractivity contribution < 1.29 is 19.3 Å². The third kappa shape index (κ3) is 8.96. The quantitative estimate of drug-likeness (QED) is 0.409. The molecule has 1 N–H and O–H groups in total. The van der Waals surface area contributed by atoms with Gasteiger partial charge in [0.1, 0.15) is 0 Å². The maximum atomic E-state index is 11.6. The molecule has 26 heavy (non-hydrogen) atoms. The van der Waals surface area contributed by atoms with E-state index in [2.05, 4.69) is 15.6 Å². The lowest BCUT2D eigenvalue weighted by Gasteiger charge is -2.05. The Morgan fingerprint density at radius 2 is 1.46 bits per heavy atom. The SMILES string of the molecule is CC/C(C)=N\OC(=O)CCc1ccc(CNC(=O)O/N=C(/C)CC)cc1. The second-order valence-electron chi connectivity index (χ2n) is 5.87. The van der Waals surface area contributed by atoms with Crippen LogP contribution in [0.25, 0.3) is 0 Å². The van der Waals surface area contributed by atoms with E-state index in [9.17, 15) is 9.59 Å². The summed E-state index contributed by atoms with van der Waals surface area (Å²) in [6.07, 6.45) is 1.72. The fourth-order valence-electron chi connectivity index (χ4n) is 1.70. The Hall–Kier alpha value is -2.70. The highest BCUT2D eigenvalue weighted by Crippen LogP contribution is 2.08. The van der Waals surface area contributed by atoms with Gasteiger partial charge in [0.15, 0.2) is 0 Å². The second-order valence-corrected chi connectivity index (χ2v) is 5.87. The van der Waals surface area contributed by atoms with Gasteiger partial charge in [-0.1, -0.05) is 48.4 Å². The second kappa shape index (κ2) is 11.8. The molecule has 142 valence electrons. The van der Waals surface area contributed by atoms with Gasteiger partial charge < -0.3 is 10.2 Å². The van der Waals surface area contributed by atoms with Gasteiger partial charge in [0.25, 0.3) is 0 Å². The number of oxime groups is 2. The number of hydrogen-bond donors (Lipinski definition) is 1. The lowest BCUT2D eigenvalue weighted by molar-refractivity contribution is -0.143. The molecule has 0 fully saturated rings. The monoisotopic (exact) mass is 361 g/mol. The van der Waals surface area contributed by atoms with E-state index in [4.69, 9.17) is 9.68 Å². The number of carbonyl (C=O) groups excluding carboxylic acids is 2. The first-order valence-electron chi connectivity index (χ1n) is 8.74. The molecule has 0 heterocycles. The van der Waals surface area contributed by atoms with Crippen molar-refractivity contribution in [3.8, 4) is 0 Å². The van der Waals surface area contributed by atoms with Crippen LogP contribution in [0.2, 0.25) is 0 Å². The van der Waals surface area contributed by atoms with Crippen molar-refractivity contribution in [2.75, 3.05) is 0 Å². The van der Waals surface area contributed by atoms with E-state index in [1.165, 1.54) is 0 Å². The predicted octanol–water partition coefficient (Wildman–Crippen LogP) is 3.96. The first-order chi connectivity index (χ1) is 12.4. The number of benzene rings is 1. The van der Waals surface area contributed by atoms with E-state index in [0.29, 0.717) is 13.0 Å². The van der Waals surface area contributed by atoms with E-state index in [0.717, 1.165) is 35.4 Å². The smallest absolute Gasteiger partial charge is 0.318 e. The molecule has 7 heteroatoms. The number of aryl methyl sites for hydroxylation is 1. The van der Waals surface area contributed by atoms with E-state index >= 15 is 0 Å². The zero-order valence-electron chi connectivity index (χ0n) is 15.9. The molecule has 0 aromatic heterocycles. The normalized spacial score (nSPS) is 11.8. The molecule has 1 aromatic carbocycles. The third-order valence-electron chi connectivity index (χ3n) is 3.69. The molecular formula is C19H27N3O4. The lowest BCUT2D eigenvalue weighted by Crippen LogP contribution is -2.22. The Bertz CT molecular complexity index is 594. The Balaban J connectivity index is 2.37. The van der Waals surface area contributed by atoms with Crippen LogP contribution in [0.3, 0.4) is 0 Å². The van der Waals surface area contributed by atoms with E-state index in [1.807, 2.05) is 45.0 Å². The van der Waals surface area contributed by atoms with Crippen LogP contribution in [-0.4, -0.2) is 23.5 Å². The molecule has 0 saturated carbocycles. The van der Waals surface area contributed by atoms with Crippen LogP contribution in [0.1, 0.15) is 58.1 Å². The van der Waals surface area contributed by atoms with Gasteiger partial charge >= 0.3 is 12.1 Å². The molecule has 0 aliphatic heterocycles. The highest BCUT2D eigenvalue weighted by molar-refractivity contribution is 5.82. The van der Waals surface area contributed by atoms with Crippen molar-refractivity contribution >= 4 is 23.5 Å². The number of hydrogen-bond acceptors (Lipinski definition) is 6. The summed E-state index contributed by atoms with van der Waals surface area (Å²) in [5, 5.41) is 10.1. The summed E-state index contributed by atoms with van der Waals surface area (Å²) in [4.78, 5) is 32.7. The van der Waals surface area contributed by atoms with E-state index in [-0.39, 0.29) is 12.4 Å². The molecule has 7 nitrogen and oxygen atoms in total. The van der Waals surface area contributed by atoms with Gasteiger partial charge in [0.05, 0.1) is 17.8 Å². The Morgan fingerprint density at radius 1 is 0.923 bits per heavy atom. The average Bonchev–Trinajstić information content (AvgIpc) is 2.67. The minimum Gasteiger partial charge on any atom is -0.318 e. The molecule has 0 unspecified atom stereocenters. The minimum atomic E-state index is -0.590. The summed E-state index contributed by atoms with van der Waals surface area (Å²) >= 11 is 0. The van der Waals surface area contributed by atoms with Crippen LogP contribution in [0, 0.1) is 0 Å². The van der Waals surface area contributed by atoms with Crippen LogP contribution in [0.15, 0.2) is 34.6 Å². The van der Waals surface area contributed by atoms with Gasteiger partial charge in [-0.25, -0.2) is 9.59 Å². The highest BCUT2D eigenvalue weighted by atomic mass is 16.7. The molecule has 1 rings (SSSR count). The number of amides is 1. The van der Waals surface area contributed by atoms with Crippen LogP contribution >= 0.6 is 0 Å². The average molecular weight is 361 g/mol. The number of nitrogens with zero attached hydrogens (tertiary/aromatic N) is 2. The lowest BCUT2D eigenvalue weighted by atomic mass is 10.1. The number of nitrogens with one attached hydrogen (secondary N) is 1. The summed E-state index contributed by atoms with van der Waals surface area (Å²) in [6.45, 7) is 7.82. The predicted molar refractivity (Wildman–Crippen MR) is 101 cm³/mol. The standard InChI is InChI=1S/C19H27N3O4/c1-5-14(3)21-25-18(23)12-11-16-7-9-17(10-8-16)13-20-19(24)26-22-15(4)6-2/h7-10H,5-6,11-13H2,1-4H3,(H,20,24)/b21-14-,22-15-. The van der Waals surface area contributed by atoms with Gasteiger partial charge in [0.2, 0.25) is 0 Å². The van der Waals surface area contributed by atoms with Crippen LogP contribution in [-0.2, 0) is 27.4 Å². The topological polar surface area (TPSA) is 89.3 Å². The van der Waals surface area contributed by atoms with Gasteiger partial charge in [0, 0.05) is 6.54 Å². The molecule has 0 radical (unpaired) electrons. The molecule has 0 bridgehead atoms. The van der Waals surface area contributed by atoms with Crippen LogP contribution in [0.5, 0.6) is 0 Å². The Kier molecular flexibility index (Phi) is 9.67. The van der Waals surface area contributed by atoms with Gasteiger partial charge in [-0.15, -0.1) is 0 Å². The van der Waals surface area contributed by atoms with Gasteiger partial charge in [-0.3, -0.25) is 4.84 Å². The summed E-state index contributed by atoms with van der Waals surface area (Å²) in [7, 11) is 0. The summed E-state index contributed by atoms with van der Waals surface area (Å²) in [5.74, 6) is -0.353. The van der Waals surface area contributed by atoms with Gasteiger partial charge in [-0.2, -0.15) is 0 Å². The van der Waals surface area contributed by atoms with Crippen molar-refractivity contribution in [3.63, 3.8) is 0 Å². The van der Waals surface area contributed by atoms with Gasteiger partial charge in [-0.05, 0) is 44.2 Å². The summed E-state index contributed by atoms with van der Waals surface area (Å²) in [5.41, 5.74) is 3.46. The maximum Gasteiger partial charge on any atom is 0.433 e. The van der Waals surface area contributed by atoms with Crippen molar-refractivity contribution in [2.45, 2.75) is 59.9 Å². The zero-order chi connectivity index (χ0) is 19.4. The van der Waals surface area contributed by atoms with Crippen molar-refractivity contribution in [2.24, 2.45) is 10.3 Å². The fourth-order valence-corrected chi connectivity index (χ4v) is 1.70. The zero-order valence-corrected chi connectivity index (χ0v) is 15.9. The van der Waals surface area contributed by atoms with Crippen LogP contribution in [0.4, 0.5) is 4.79 Å². The number of rotatable bonds is 9. The molecule has 0 aliphatic rings. The molecular weight excluding hydrogens is 334 g/mol. The Labute approximate surface area is 154 Å². The Morgan fingerprint density at radius 3 is 2.04 bits per heavy atom. The molecule has 1 aromatic rings. The largest absolute Gasteiger partial charge is 0.433 e. The van der Waals surface area contributed by atoms with E-state index in [1.54, 1.807) is 6.92 Å². The fraction of sp³-hybridized carbons (Fsp3) is 0.474. The summed E-state index contributed by atoms with van der Waals surface area (Å²) in [6, 6.07) is 7.60. The molecule has 0 atom stereocenters. The minimum absolute atomic E-state index is 0.263. The molecule has 0 aliphatic carbocycles. The molecule has 0 saturated heterocycles. The molecule has 0 spiro atoms. The van der Waals surface area contributed by atoms with Crippen LogP contribution < -0.4 is 5.32 Å². The highest BCUT2D eigenvalue weighted by Gasteiger charge is 2.05. The van der Waals surface area contributed by atoms with E-state index < -0.39 is 6.09 Å². The van der Waals surface area contributed by atoms with Crippen molar-refractivity contribution in [3.05, 3.63) is 35.4 Å². The number of carbonyl (C=O) groups is 2. The maximum absolute atomic E-state index is 11.6. The first kappa shape index (κ1) is 21.3. The summed E-state index contributed by atoms with van der Waals surface area (Å²) < 4.78 is 0. The third-order valence-corrected chi connectivity index (χ3v) is 3.69. The molecule has 1 amide bonds. The first-order valence-corrected chi connectivity index (χ1v) is 8.74. The van der Waals surface area contributed by atoms with Crippen molar-refractivity contribution in [1.29, 1.82) is 0 Å².